The number of benzene rings is 2. The summed E-state index contributed by atoms with van der Waals surface area (Å²) in [7, 11) is 0. The van der Waals surface area contributed by atoms with Gasteiger partial charge in [-0.15, -0.1) is 0 Å². The van der Waals surface area contributed by atoms with Crippen LogP contribution in [0.15, 0.2) is 48.5 Å². The number of rotatable bonds is 8. The van der Waals surface area contributed by atoms with E-state index < -0.39 is 12.1 Å². The third kappa shape index (κ3) is 5.67. The van der Waals surface area contributed by atoms with Crippen LogP contribution in [0.1, 0.15) is 48.4 Å². The number of hydrogen-bond acceptors (Lipinski definition) is 5. The molecule has 6 heteroatoms. The Morgan fingerprint density at radius 3 is 2.00 bits per heavy atom. The summed E-state index contributed by atoms with van der Waals surface area (Å²) in [6.45, 7) is 7.54. The maximum atomic E-state index is 12.5. The average molecular weight is 383 g/mol. The first-order valence-electron chi connectivity index (χ1n) is 9.20. The lowest BCUT2D eigenvalue weighted by atomic mass is 10.1. The minimum Gasteiger partial charge on any atom is -0.494 e. The van der Waals surface area contributed by atoms with Crippen molar-refractivity contribution in [1.29, 1.82) is 0 Å². The number of carbonyl (C=O) groups is 3. The molecule has 0 saturated heterocycles. The van der Waals surface area contributed by atoms with Crippen LogP contribution in [0, 0.1) is 5.92 Å². The normalized spacial score (nSPS) is 11.6. The van der Waals surface area contributed by atoms with Crippen LogP contribution in [-0.2, 0) is 9.53 Å². The second-order valence-corrected chi connectivity index (χ2v) is 6.59. The Labute approximate surface area is 164 Å². The number of anilines is 1. The van der Waals surface area contributed by atoms with Gasteiger partial charge in [0.25, 0.3) is 0 Å². The summed E-state index contributed by atoms with van der Waals surface area (Å²) in [5.41, 5.74) is 1.35. The third-order valence-corrected chi connectivity index (χ3v) is 4.02. The van der Waals surface area contributed by atoms with E-state index in [4.69, 9.17) is 9.47 Å². The molecule has 1 unspecified atom stereocenters. The molecule has 28 heavy (non-hydrogen) atoms. The Bertz CT molecular complexity index is 825. The summed E-state index contributed by atoms with van der Waals surface area (Å²) in [5, 5.41) is 2.76. The fourth-order valence-corrected chi connectivity index (χ4v) is 2.38. The summed E-state index contributed by atoms with van der Waals surface area (Å²) in [5.74, 6) is -0.473. The molecule has 0 radical (unpaired) electrons. The SMILES string of the molecule is CCOc1ccc(C(=O)OC(C)C(=O)c2ccc(NC(=O)C(C)C)cc2)cc1. The van der Waals surface area contributed by atoms with Crippen LogP contribution in [0.5, 0.6) is 5.75 Å². The molecule has 0 aliphatic heterocycles. The van der Waals surface area contributed by atoms with Crippen molar-refractivity contribution in [3.63, 3.8) is 0 Å². The number of Topliss-reactive ketones (excluding diaryl/α,β-unsaturated/α-hetero) is 1. The number of carbonyl (C=O) groups excluding carboxylic acids is 3. The Balaban J connectivity index is 1.97. The van der Waals surface area contributed by atoms with Crippen LogP contribution in [0.4, 0.5) is 5.69 Å². The van der Waals surface area contributed by atoms with E-state index in [1.54, 1.807) is 62.4 Å². The molecule has 2 rings (SSSR count). The molecule has 0 aliphatic carbocycles. The summed E-state index contributed by atoms with van der Waals surface area (Å²) in [4.78, 5) is 36.5. The number of ketones is 1. The second-order valence-electron chi connectivity index (χ2n) is 6.59. The van der Waals surface area contributed by atoms with E-state index >= 15 is 0 Å². The number of nitrogens with one attached hydrogen (secondary N) is 1. The second kappa shape index (κ2) is 9.69. The van der Waals surface area contributed by atoms with E-state index in [1.807, 2.05) is 6.92 Å². The predicted octanol–water partition coefficient (Wildman–Crippen LogP) is 4.11. The molecule has 1 atom stereocenters. The quantitative estimate of drug-likeness (QED) is 0.548. The van der Waals surface area contributed by atoms with Gasteiger partial charge in [-0.1, -0.05) is 13.8 Å². The maximum Gasteiger partial charge on any atom is 0.338 e. The molecule has 2 aromatic rings. The third-order valence-electron chi connectivity index (χ3n) is 4.02. The molecule has 0 aliphatic rings. The first-order chi connectivity index (χ1) is 13.3. The van der Waals surface area contributed by atoms with Gasteiger partial charge >= 0.3 is 5.97 Å². The molecule has 6 nitrogen and oxygen atoms in total. The van der Waals surface area contributed by atoms with Gasteiger partial charge in [-0.05, 0) is 62.4 Å². The lowest BCUT2D eigenvalue weighted by Gasteiger charge is -2.13. The first kappa shape index (κ1) is 21.2. The van der Waals surface area contributed by atoms with Gasteiger partial charge in [0.1, 0.15) is 5.75 Å². The van der Waals surface area contributed by atoms with E-state index in [-0.39, 0.29) is 17.6 Å². The largest absolute Gasteiger partial charge is 0.494 e. The highest BCUT2D eigenvalue weighted by Crippen LogP contribution is 2.16. The van der Waals surface area contributed by atoms with Crippen molar-refractivity contribution in [2.75, 3.05) is 11.9 Å². The first-order valence-corrected chi connectivity index (χ1v) is 9.20. The van der Waals surface area contributed by atoms with Crippen molar-refractivity contribution < 1.29 is 23.9 Å². The molecule has 2 aromatic carbocycles. The summed E-state index contributed by atoms with van der Waals surface area (Å²) >= 11 is 0. The van der Waals surface area contributed by atoms with E-state index in [0.29, 0.717) is 29.2 Å². The zero-order valence-electron chi connectivity index (χ0n) is 16.5. The molecule has 1 N–H and O–H groups in total. The average Bonchev–Trinajstić information content (AvgIpc) is 2.68. The molecule has 0 heterocycles. The van der Waals surface area contributed by atoms with Gasteiger partial charge < -0.3 is 14.8 Å². The van der Waals surface area contributed by atoms with Gasteiger partial charge in [0, 0.05) is 17.2 Å². The highest BCUT2D eigenvalue weighted by atomic mass is 16.5. The summed E-state index contributed by atoms with van der Waals surface area (Å²) in [6, 6.07) is 13.0. The molecule has 1 amide bonds. The highest BCUT2D eigenvalue weighted by Gasteiger charge is 2.20. The van der Waals surface area contributed by atoms with Crippen molar-refractivity contribution in [3.05, 3.63) is 59.7 Å². The van der Waals surface area contributed by atoms with Gasteiger partial charge in [-0.25, -0.2) is 4.79 Å². The fraction of sp³-hybridized carbons (Fsp3) is 0.318. The molecule has 0 aromatic heterocycles. The zero-order valence-corrected chi connectivity index (χ0v) is 16.5. The van der Waals surface area contributed by atoms with Crippen LogP contribution in [-0.4, -0.2) is 30.4 Å². The number of ether oxygens (including phenoxy) is 2. The summed E-state index contributed by atoms with van der Waals surface area (Å²) < 4.78 is 10.6. The van der Waals surface area contributed by atoms with Gasteiger partial charge in [-0.2, -0.15) is 0 Å². The molecule has 148 valence electrons. The number of amides is 1. The molecule has 0 spiro atoms. The van der Waals surface area contributed by atoms with Crippen molar-refractivity contribution in [2.45, 2.75) is 33.8 Å². The fourth-order valence-electron chi connectivity index (χ4n) is 2.38. The topological polar surface area (TPSA) is 81.7 Å². The Morgan fingerprint density at radius 1 is 0.893 bits per heavy atom. The smallest absolute Gasteiger partial charge is 0.338 e. The van der Waals surface area contributed by atoms with E-state index in [2.05, 4.69) is 5.32 Å². The van der Waals surface area contributed by atoms with Gasteiger partial charge in [0.05, 0.1) is 12.2 Å². The lowest BCUT2D eigenvalue weighted by molar-refractivity contribution is -0.118. The maximum absolute atomic E-state index is 12.5. The molecular formula is C22H25NO5. The van der Waals surface area contributed by atoms with E-state index in [9.17, 15) is 14.4 Å². The van der Waals surface area contributed by atoms with Crippen LogP contribution in [0.2, 0.25) is 0 Å². The van der Waals surface area contributed by atoms with Crippen molar-refractivity contribution in [2.24, 2.45) is 5.92 Å². The van der Waals surface area contributed by atoms with Crippen LogP contribution in [0.25, 0.3) is 0 Å². The summed E-state index contributed by atoms with van der Waals surface area (Å²) in [6.07, 6.45) is -0.935. The lowest BCUT2D eigenvalue weighted by Crippen LogP contribution is -2.24. The Kier molecular flexibility index (Phi) is 7.32. The van der Waals surface area contributed by atoms with E-state index in [1.165, 1.54) is 6.92 Å². The van der Waals surface area contributed by atoms with E-state index in [0.717, 1.165) is 0 Å². The zero-order chi connectivity index (χ0) is 20.7. The highest BCUT2D eigenvalue weighted by molar-refractivity contribution is 6.02. The van der Waals surface area contributed by atoms with Crippen molar-refractivity contribution in [3.8, 4) is 5.75 Å². The minimum absolute atomic E-state index is 0.100. The number of esters is 1. The van der Waals surface area contributed by atoms with Gasteiger partial charge in [-0.3, -0.25) is 9.59 Å². The molecular weight excluding hydrogens is 358 g/mol. The van der Waals surface area contributed by atoms with Crippen molar-refractivity contribution in [1.82, 2.24) is 0 Å². The molecule has 0 bridgehead atoms. The van der Waals surface area contributed by atoms with Gasteiger partial charge in [0.2, 0.25) is 11.7 Å². The monoisotopic (exact) mass is 383 g/mol. The van der Waals surface area contributed by atoms with Gasteiger partial charge in [0.15, 0.2) is 6.10 Å². The van der Waals surface area contributed by atoms with Crippen LogP contribution in [0.3, 0.4) is 0 Å². The molecule has 0 saturated carbocycles. The Morgan fingerprint density at radius 2 is 1.46 bits per heavy atom. The van der Waals surface area contributed by atoms with Crippen molar-refractivity contribution >= 4 is 23.3 Å². The predicted molar refractivity (Wildman–Crippen MR) is 107 cm³/mol. The standard InChI is InChI=1S/C22H25NO5/c1-5-27-19-12-8-17(9-13-19)22(26)28-15(4)20(24)16-6-10-18(11-7-16)23-21(25)14(2)3/h6-15H,5H2,1-4H3,(H,23,25). The van der Waals surface area contributed by atoms with Crippen LogP contribution < -0.4 is 10.1 Å². The number of hydrogen-bond donors (Lipinski definition) is 1. The minimum atomic E-state index is -0.935. The Hall–Kier alpha value is -3.15. The molecule has 0 fully saturated rings. The van der Waals surface area contributed by atoms with Crippen LogP contribution >= 0.6 is 0 Å².